The lowest BCUT2D eigenvalue weighted by atomic mass is 10.1. The van der Waals surface area contributed by atoms with Crippen LogP contribution in [0.25, 0.3) is 0 Å². The molecule has 1 fully saturated rings. The van der Waals surface area contributed by atoms with Gasteiger partial charge in [0.15, 0.2) is 0 Å². The molecule has 0 aromatic heterocycles. The summed E-state index contributed by atoms with van der Waals surface area (Å²) in [6.07, 6.45) is 0. The van der Waals surface area contributed by atoms with Crippen molar-refractivity contribution >= 4 is 10.0 Å². The predicted molar refractivity (Wildman–Crippen MR) is 70.0 cm³/mol. The Morgan fingerprint density at radius 2 is 1.83 bits per heavy atom. The van der Waals surface area contributed by atoms with Crippen LogP contribution in [-0.4, -0.2) is 38.0 Å². The molecule has 2 rings (SSSR count). The predicted octanol–water partition coefficient (Wildman–Crippen LogP) is 1.79. The molecule has 1 aliphatic rings. The van der Waals surface area contributed by atoms with Crippen molar-refractivity contribution in [2.24, 2.45) is 0 Å². The van der Waals surface area contributed by atoms with Crippen molar-refractivity contribution < 1.29 is 13.2 Å². The summed E-state index contributed by atoms with van der Waals surface area (Å²) in [7, 11) is -3.40. The Labute approximate surface area is 109 Å². The molecule has 0 bridgehead atoms. The van der Waals surface area contributed by atoms with Gasteiger partial charge in [0, 0.05) is 13.1 Å². The van der Waals surface area contributed by atoms with Gasteiger partial charge >= 0.3 is 0 Å². The zero-order chi connectivity index (χ0) is 13.4. The molecule has 100 valence electrons. The van der Waals surface area contributed by atoms with E-state index in [0.29, 0.717) is 24.6 Å². The number of hydrogen-bond acceptors (Lipinski definition) is 3. The molecule has 0 atom stereocenters. The average molecular weight is 269 g/mol. The smallest absolute Gasteiger partial charge is 0.243 e. The first-order valence-corrected chi connectivity index (χ1v) is 7.46. The number of ether oxygens (including phenoxy) is 1. The van der Waals surface area contributed by atoms with Crippen LogP contribution >= 0.6 is 0 Å². The molecular formula is C13H19NO3S. The van der Waals surface area contributed by atoms with Gasteiger partial charge in [-0.05, 0) is 32.9 Å². The van der Waals surface area contributed by atoms with Crippen LogP contribution in [-0.2, 0) is 14.8 Å². The maximum atomic E-state index is 12.5. The van der Waals surface area contributed by atoms with Gasteiger partial charge < -0.3 is 4.74 Å². The molecule has 0 radical (unpaired) electrons. The minimum atomic E-state index is -3.40. The first-order valence-electron chi connectivity index (χ1n) is 6.02. The van der Waals surface area contributed by atoms with Crippen LogP contribution in [0.4, 0.5) is 0 Å². The lowest BCUT2D eigenvalue weighted by molar-refractivity contribution is -0.0640. The highest BCUT2D eigenvalue weighted by Crippen LogP contribution is 2.23. The quantitative estimate of drug-likeness (QED) is 0.822. The maximum absolute atomic E-state index is 12.5. The molecule has 0 spiro atoms. The van der Waals surface area contributed by atoms with Crippen LogP contribution < -0.4 is 0 Å². The summed E-state index contributed by atoms with van der Waals surface area (Å²) in [5.74, 6) is 0. The van der Waals surface area contributed by atoms with Gasteiger partial charge in [0.2, 0.25) is 10.0 Å². The molecule has 0 aliphatic carbocycles. The fourth-order valence-corrected chi connectivity index (χ4v) is 3.61. The topological polar surface area (TPSA) is 46.6 Å². The second-order valence-corrected chi connectivity index (χ2v) is 7.20. The Balaban J connectivity index is 2.28. The minimum Gasteiger partial charge on any atom is -0.373 e. The Morgan fingerprint density at radius 1 is 1.22 bits per heavy atom. The van der Waals surface area contributed by atoms with Crippen LogP contribution in [0, 0.1) is 6.92 Å². The maximum Gasteiger partial charge on any atom is 0.243 e. The molecule has 1 heterocycles. The number of aryl methyl sites for hydroxylation is 1. The first-order chi connectivity index (χ1) is 8.31. The van der Waals surface area contributed by atoms with E-state index in [1.807, 2.05) is 32.9 Å². The SMILES string of the molecule is Cc1ccc(S(=O)(=O)N2CCOC(C)(C)C2)cc1. The van der Waals surface area contributed by atoms with Crippen molar-refractivity contribution in [3.63, 3.8) is 0 Å². The molecule has 0 amide bonds. The second kappa shape index (κ2) is 4.64. The third kappa shape index (κ3) is 2.74. The van der Waals surface area contributed by atoms with Crippen LogP contribution in [0.2, 0.25) is 0 Å². The molecule has 1 aromatic rings. The van der Waals surface area contributed by atoms with E-state index in [9.17, 15) is 8.42 Å². The van der Waals surface area contributed by atoms with E-state index < -0.39 is 15.6 Å². The molecule has 0 saturated carbocycles. The highest BCUT2D eigenvalue weighted by molar-refractivity contribution is 7.89. The summed E-state index contributed by atoms with van der Waals surface area (Å²) in [5.41, 5.74) is 0.631. The second-order valence-electron chi connectivity index (χ2n) is 5.26. The molecule has 1 saturated heterocycles. The van der Waals surface area contributed by atoms with E-state index in [1.54, 1.807) is 12.1 Å². The van der Waals surface area contributed by atoms with Gasteiger partial charge in [0.1, 0.15) is 0 Å². The third-order valence-corrected chi connectivity index (χ3v) is 4.91. The highest BCUT2D eigenvalue weighted by atomic mass is 32.2. The zero-order valence-corrected chi connectivity index (χ0v) is 11.8. The van der Waals surface area contributed by atoms with E-state index in [4.69, 9.17) is 4.74 Å². The van der Waals surface area contributed by atoms with Crippen LogP contribution in [0.15, 0.2) is 29.2 Å². The standard InChI is InChI=1S/C13H19NO3S/c1-11-4-6-12(7-5-11)18(15,16)14-8-9-17-13(2,3)10-14/h4-7H,8-10H2,1-3H3. The number of nitrogens with zero attached hydrogens (tertiary/aromatic N) is 1. The Bertz CT molecular complexity index is 520. The third-order valence-electron chi connectivity index (χ3n) is 3.05. The summed E-state index contributed by atoms with van der Waals surface area (Å²) in [4.78, 5) is 0.353. The van der Waals surface area contributed by atoms with Gasteiger partial charge in [-0.25, -0.2) is 8.42 Å². The number of rotatable bonds is 2. The number of sulfonamides is 1. The Morgan fingerprint density at radius 3 is 2.39 bits per heavy atom. The van der Waals surface area contributed by atoms with Crippen molar-refractivity contribution in [3.8, 4) is 0 Å². The van der Waals surface area contributed by atoms with Gasteiger partial charge in [-0.15, -0.1) is 0 Å². The van der Waals surface area contributed by atoms with Crippen LogP contribution in [0.3, 0.4) is 0 Å². The monoisotopic (exact) mass is 269 g/mol. The van der Waals surface area contributed by atoms with Gasteiger partial charge in [0.25, 0.3) is 0 Å². The van der Waals surface area contributed by atoms with Gasteiger partial charge in [-0.2, -0.15) is 4.31 Å². The summed E-state index contributed by atoms with van der Waals surface area (Å²) < 4.78 is 32.0. The normalized spacial score (nSPS) is 20.8. The summed E-state index contributed by atoms with van der Waals surface area (Å²) in [6, 6.07) is 6.96. The minimum absolute atomic E-state index is 0.353. The summed E-state index contributed by atoms with van der Waals surface area (Å²) in [5, 5.41) is 0. The lowest BCUT2D eigenvalue weighted by Crippen LogP contribution is -2.50. The van der Waals surface area contributed by atoms with Crippen LogP contribution in [0.1, 0.15) is 19.4 Å². The molecule has 0 N–H and O–H groups in total. The summed E-state index contributed by atoms with van der Waals surface area (Å²) in [6.45, 7) is 7.00. The molecule has 1 aliphatic heterocycles. The Hall–Kier alpha value is -0.910. The zero-order valence-electron chi connectivity index (χ0n) is 11.0. The number of benzene rings is 1. The molecular weight excluding hydrogens is 250 g/mol. The molecule has 0 unspecified atom stereocenters. The van der Waals surface area contributed by atoms with Crippen molar-refractivity contribution in [2.75, 3.05) is 19.7 Å². The summed E-state index contributed by atoms with van der Waals surface area (Å²) >= 11 is 0. The van der Waals surface area contributed by atoms with Crippen molar-refractivity contribution in [2.45, 2.75) is 31.3 Å². The highest BCUT2D eigenvalue weighted by Gasteiger charge is 2.34. The molecule has 1 aromatic carbocycles. The first kappa shape index (κ1) is 13.5. The average Bonchev–Trinajstić information content (AvgIpc) is 2.28. The van der Waals surface area contributed by atoms with Gasteiger partial charge in [0.05, 0.1) is 17.1 Å². The molecule has 4 nitrogen and oxygen atoms in total. The molecule has 5 heteroatoms. The van der Waals surface area contributed by atoms with E-state index >= 15 is 0 Å². The van der Waals surface area contributed by atoms with E-state index in [1.165, 1.54) is 4.31 Å². The van der Waals surface area contributed by atoms with Crippen molar-refractivity contribution in [1.82, 2.24) is 4.31 Å². The van der Waals surface area contributed by atoms with Crippen molar-refractivity contribution in [3.05, 3.63) is 29.8 Å². The van der Waals surface area contributed by atoms with Gasteiger partial charge in [-0.1, -0.05) is 17.7 Å². The number of hydrogen-bond donors (Lipinski definition) is 0. The van der Waals surface area contributed by atoms with E-state index in [2.05, 4.69) is 0 Å². The fraction of sp³-hybridized carbons (Fsp3) is 0.538. The van der Waals surface area contributed by atoms with E-state index in [0.717, 1.165) is 5.56 Å². The fourth-order valence-electron chi connectivity index (χ4n) is 2.04. The van der Waals surface area contributed by atoms with Crippen LogP contribution in [0.5, 0.6) is 0 Å². The largest absolute Gasteiger partial charge is 0.373 e. The number of morpholine rings is 1. The van der Waals surface area contributed by atoms with Gasteiger partial charge in [-0.3, -0.25) is 0 Å². The molecule has 18 heavy (non-hydrogen) atoms. The Kier molecular flexibility index (Phi) is 3.49. The lowest BCUT2D eigenvalue weighted by Gasteiger charge is -2.37. The van der Waals surface area contributed by atoms with Crippen molar-refractivity contribution in [1.29, 1.82) is 0 Å². The van der Waals surface area contributed by atoms with E-state index in [-0.39, 0.29) is 0 Å².